The number of likely N-dealkylation sites (tertiary alicyclic amines) is 1. The molecule has 2 amide bonds. The number of carbonyl (C=O) groups is 2. The topological polar surface area (TPSA) is 62.6 Å². The van der Waals surface area contributed by atoms with E-state index in [-0.39, 0.29) is 17.9 Å². The minimum atomic E-state index is -0.149. The maximum atomic E-state index is 12.3. The Morgan fingerprint density at radius 3 is 2.68 bits per heavy atom. The van der Waals surface area contributed by atoms with Crippen molar-refractivity contribution >= 4 is 50.9 Å². The first kappa shape index (κ1) is 18.8. The van der Waals surface area contributed by atoms with Gasteiger partial charge in [-0.3, -0.25) is 9.59 Å². The maximum Gasteiger partial charge on any atom is 0.289 e. The van der Waals surface area contributed by atoms with Crippen molar-refractivity contribution in [3.05, 3.63) is 64.4 Å². The van der Waals surface area contributed by atoms with Crippen LogP contribution in [0.2, 0.25) is 5.02 Å². The van der Waals surface area contributed by atoms with Gasteiger partial charge in [0.2, 0.25) is 5.91 Å². The highest BCUT2D eigenvalue weighted by molar-refractivity contribution is 7.20. The Morgan fingerprint density at radius 2 is 1.96 bits per heavy atom. The van der Waals surface area contributed by atoms with E-state index in [1.54, 1.807) is 34.4 Å². The van der Waals surface area contributed by atoms with Gasteiger partial charge >= 0.3 is 0 Å². The minimum Gasteiger partial charge on any atom is -0.459 e. The van der Waals surface area contributed by atoms with Crippen LogP contribution in [-0.2, 0) is 4.79 Å². The monoisotopic (exact) mass is 414 g/mol. The first-order valence-corrected chi connectivity index (χ1v) is 10.3. The lowest BCUT2D eigenvalue weighted by Crippen LogP contribution is -2.46. The summed E-state index contributed by atoms with van der Waals surface area (Å²) in [6.07, 6.45) is 6.22. The molecule has 1 aliphatic rings. The number of amides is 2. The summed E-state index contributed by atoms with van der Waals surface area (Å²) in [5, 5.41) is 4.69. The molecule has 5 nitrogen and oxygen atoms in total. The maximum absolute atomic E-state index is 12.3. The molecule has 0 aliphatic carbocycles. The lowest BCUT2D eigenvalue weighted by molar-refractivity contribution is -0.117. The number of nitrogens with zero attached hydrogens (tertiary/aromatic N) is 1. The normalized spacial score (nSPS) is 15.4. The highest BCUT2D eigenvalue weighted by Crippen LogP contribution is 2.35. The largest absolute Gasteiger partial charge is 0.459 e. The number of carbonyl (C=O) groups excluding carboxylic acids is 2. The highest BCUT2D eigenvalue weighted by Gasteiger charge is 2.25. The van der Waals surface area contributed by atoms with E-state index in [2.05, 4.69) is 5.32 Å². The Hall–Kier alpha value is -2.57. The van der Waals surface area contributed by atoms with E-state index in [1.165, 1.54) is 12.3 Å². The van der Waals surface area contributed by atoms with E-state index in [1.807, 2.05) is 24.3 Å². The molecule has 4 rings (SSSR count). The molecule has 28 heavy (non-hydrogen) atoms. The van der Waals surface area contributed by atoms with Gasteiger partial charge in [0.25, 0.3) is 5.91 Å². The molecule has 1 aliphatic heterocycles. The van der Waals surface area contributed by atoms with Crippen LogP contribution in [0.3, 0.4) is 0 Å². The van der Waals surface area contributed by atoms with Crippen LogP contribution in [0, 0.1) is 0 Å². The average molecular weight is 415 g/mol. The molecule has 1 N–H and O–H groups in total. The lowest BCUT2D eigenvalue weighted by atomic mass is 10.0. The number of fused-ring (bicyclic) bond motifs is 1. The molecule has 7 heteroatoms. The zero-order valence-electron chi connectivity index (χ0n) is 15.1. The Balaban J connectivity index is 1.31. The quantitative estimate of drug-likeness (QED) is 0.635. The van der Waals surface area contributed by atoms with E-state index in [4.69, 9.17) is 16.0 Å². The summed E-state index contributed by atoms with van der Waals surface area (Å²) in [5.74, 6) is 0.101. The van der Waals surface area contributed by atoms with E-state index in [0.717, 1.165) is 27.8 Å². The Kier molecular flexibility index (Phi) is 5.50. The van der Waals surface area contributed by atoms with E-state index in [0.29, 0.717) is 23.9 Å². The highest BCUT2D eigenvalue weighted by atomic mass is 35.5. The minimum absolute atomic E-state index is 0.0516. The average Bonchev–Trinajstić information content (AvgIpc) is 3.35. The van der Waals surface area contributed by atoms with Crippen molar-refractivity contribution in [1.82, 2.24) is 10.2 Å². The molecule has 0 bridgehead atoms. The van der Waals surface area contributed by atoms with Crippen molar-refractivity contribution in [2.24, 2.45) is 0 Å². The first-order chi connectivity index (χ1) is 13.6. The van der Waals surface area contributed by atoms with Gasteiger partial charge in [-0.15, -0.1) is 11.3 Å². The predicted octanol–water partition coefficient (Wildman–Crippen LogP) is 4.58. The number of halogens is 1. The van der Waals surface area contributed by atoms with Gasteiger partial charge in [0.15, 0.2) is 5.76 Å². The molecule has 0 radical (unpaired) electrons. The van der Waals surface area contributed by atoms with Crippen molar-refractivity contribution in [1.29, 1.82) is 0 Å². The molecule has 0 saturated carbocycles. The van der Waals surface area contributed by atoms with Crippen LogP contribution >= 0.6 is 22.9 Å². The predicted molar refractivity (Wildman–Crippen MR) is 112 cm³/mol. The van der Waals surface area contributed by atoms with Crippen molar-refractivity contribution in [3.8, 4) is 0 Å². The number of piperidine rings is 1. The second-order valence-electron chi connectivity index (χ2n) is 6.66. The number of thiophene rings is 1. The van der Waals surface area contributed by atoms with Crippen LogP contribution in [0.15, 0.2) is 53.2 Å². The van der Waals surface area contributed by atoms with Crippen molar-refractivity contribution < 1.29 is 14.0 Å². The van der Waals surface area contributed by atoms with Gasteiger partial charge in [-0.25, -0.2) is 0 Å². The molecule has 0 atom stereocenters. The molecule has 1 saturated heterocycles. The molecule has 0 unspecified atom stereocenters. The Labute approximate surface area is 171 Å². The van der Waals surface area contributed by atoms with Crippen molar-refractivity contribution in [3.63, 3.8) is 0 Å². The molecule has 2 aromatic heterocycles. The molecule has 3 aromatic rings. The van der Waals surface area contributed by atoms with Crippen LogP contribution in [0.4, 0.5) is 0 Å². The first-order valence-electron chi connectivity index (χ1n) is 9.10. The number of hydrogen-bond donors (Lipinski definition) is 1. The van der Waals surface area contributed by atoms with Gasteiger partial charge in [0.1, 0.15) is 0 Å². The number of nitrogens with one attached hydrogen (secondary N) is 1. The fourth-order valence-electron chi connectivity index (χ4n) is 3.32. The van der Waals surface area contributed by atoms with E-state index >= 15 is 0 Å². The summed E-state index contributed by atoms with van der Waals surface area (Å²) in [6.45, 7) is 1.19. The second-order valence-corrected chi connectivity index (χ2v) is 8.12. The van der Waals surface area contributed by atoms with Crippen LogP contribution in [0.25, 0.3) is 16.2 Å². The molecule has 1 fully saturated rings. The van der Waals surface area contributed by atoms with Crippen LogP contribution in [0.1, 0.15) is 28.3 Å². The molecule has 144 valence electrons. The van der Waals surface area contributed by atoms with Gasteiger partial charge in [0.05, 0.1) is 11.3 Å². The van der Waals surface area contributed by atoms with Gasteiger partial charge < -0.3 is 14.6 Å². The van der Waals surface area contributed by atoms with Gasteiger partial charge in [0, 0.05) is 40.2 Å². The molecule has 3 heterocycles. The summed E-state index contributed by atoms with van der Waals surface area (Å²) < 4.78 is 6.26. The zero-order valence-corrected chi connectivity index (χ0v) is 16.6. The van der Waals surface area contributed by atoms with Crippen LogP contribution in [0.5, 0.6) is 0 Å². The standard InChI is InChI=1S/C21H19ClN2O3S/c22-20-15-4-1-2-6-17(15)28-18(20)7-8-19(25)23-14-9-11-24(12-10-14)21(26)16-5-3-13-27-16/h1-8,13-14H,9-12H2,(H,23,25)/b8-7+. The molecule has 0 spiro atoms. The van der Waals surface area contributed by atoms with Gasteiger partial charge in [-0.2, -0.15) is 0 Å². The molecular weight excluding hydrogens is 396 g/mol. The SMILES string of the molecule is O=C(/C=C/c1sc2ccccc2c1Cl)NC1CCN(C(=O)c2ccco2)CC1. The summed E-state index contributed by atoms with van der Waals surface area (Å²) in [5.41, 5.74) is 0. The summed E-state index contributed by atoms with van der Waals surface area (Å²) >= 11 is 7.97. The van der Waals surface area contributed by atoms with Crippen LogP contribution in [-0.4, -0.2) is 35.8 Å². The molecular formula is C21H19ClN2O3S. The van der Waals surface area contributed by atoms with E-state index in [9.17, 15) is 9.59 Å². The third-order valence-corrected chi connectivity index (χ3v) is 6.46. The van der Waals surface area contributed by atoms with Crippen molar-refractivity contribution in [2.75, 3.05) is 13.1 Å². The fraction of sp³-hybridized carbons (Fsp3) is 0.238. The van der Waals surface area contributed by atoms with Gasteiger partial charge in [-0.05, 0) is 37.1 Å². The smallest absolute Gasteiger partial charge is 0.289 e. The fourth-order valence-corrected chi connectivity index (χ4v) is 4.72. The molecule has 1 aromatic carbocycles. The summed E-state index contributed by atoms with van der Waals surface area (Å²) in [7, 11) is 0. The van der Waals surface area contributed by atoms with Crippen molar-refractivity contribution in [2.45, 2.75) is 18.9 Å². The Bertz CT molecular complexity index is 1020. The summed E-state index contributed by atoms with van der Waals surface area (Å²) in [6, 6.07) is 11.3. The van der Waals surface area contributed by atoms with Gasteiger partial charge in [-0.1, -0.05) is 29.8 Å². The Morgan fingerprint density at radius 1 is 1.18 bits per heavy atom. The van der Waals surface area contributed by atoms with Crippen LogP contribution < -0.4 is 5.32 Å². The number of benzene rings is 1. The summed E-state index contributed by atoms with van der Waals surface area (Å²) in [4.78, 5) is 27.2. The second kappa shape index (κ2) is 8.20. The van der Waals surface area contributed by atoms with E-state index < -0.39 is 0 Å². The third-order valence-electron chi connectivity index (χ3n) is 4.81. The zero-order chi connectivity index (χ0) is 19.5. The third kappa shape index (κ3) is 3.98. The number of hydrogen-bond acceptors (Lipinski definition) is 4. The lowest BCUT2D eigenvalue weighted by Gasteiger charge is -2.31. The number of rotatable bonds is 4. The number of furan rings is 1.